The van der Waals surface area contributed by atoms with Gasteiger partial charge in [-0.25, -0.2) is 0 Å². The molecule has 11 heavy (non-hydrogen) atoms. The summed E-state index contributed by atoms with van der Waals surface area (Å²) in [6.45, 7) is 3.04. The van der Waals surface area contributed by atoms with Gasteiger partial charge in [-0.15, -0.1) is 0 Å². The van der Waals surface area contributed by atoms with Gasteiger partial charge in [-0.05, 0) is 13.3 Å². The molecule has 1 fully saturated rings. The molecule has 1 aliphatic heterocycles. The summed E-state index contributed by atoms with van der Waals surface area (Å²) >= 11 is 0. The second-order valence-electron chi connectivity index (χ2n) is 2.86. The number of rotatable bonds is 2. The van der Waals surface area contributed by atoms with Crippen LogP contribution < -0.4 is 11.1 Å². The first-order chi connectivity index (χ1) is 5.20. The Labute approximate surface area is 66.1 Å². The molecule has 0 aliphatic carbocycles. The van der Waals surface area contributed by atoms with Crippen molar-refractivity contribution in [2.75, 3.05) is 13.2 Å². The minimum Gasteiger partial charge on any atom is -0.379 e. The van der Waals surface area contributed by atoms with Crippen molar-refractivity contribution >= 4 is 5.91 Å². The Morgan fingerprint density at radius 3 is 3.00 bits per heavy atom. The summed E-state index contributed by atoms with van der Waals surface area (Å²) in [4.78, 5) is 11.0. The molecule has 2 atom stereocenters. The van der Waals surface area contributed by atoms with Gasteiger partial charge in [0.25, 0.3) is 0 Å². The first-order valence-electron chi connectivity index (χ1n) is 3.84. The van der Waals surface area contributed by atoms with E-state index >= 15 is 0 Å². The summed E-state index contributed by atoms with van der Waals surface area (Å²) in [7, 11) is 0. The van der Waals surface area contributed by atoms with Gasteiger partial charge in [-0.2, -0.15) is 0 Å². The molecular formula is C7H14N2O2. The van der Waals surface area contributed by atoms with Crippen LogP contribution >= 0.6 is 0 Å². The molecule has 0 aromatic carbocycles. The molecular weight excluding hydrogens is 144 g/mol. The van der Waals surface area contributed by atoms with Gasteiger partial charge in [-0.1, -0.05) is 0 Å². The van der Waals surface area contributed by atoms with Crippen LogP contribution in [0.3, 0.4) is 0 Å². The highest BCUT2D eigenvalue weighted by atomic mass is 16.5. The number of amides is 1. The van der Waals surface area contributed by atoms with Crippen molar-refractivity contribution in [3.8, 4) is 0 Å². The number of nitrogens with two attached hydrogens (primary N) is 1. The second-order valence-corrected chi connectivity index (χ2v) is 2.86. The fourth-order valence-electron chi connectivity index (χ4n) is 0.981. The van der Waals surface area contributed by atoms with E-state index in [1.54, 1.807) is 6.92 Å². The van der Waals surface area contributed by atoms with Gasteiger partial charge in [0.1, 0.15) is 0 Å². The number of carbonyl (C=O) groups excluding carboxylic acids is 1. The summed E-state index contributed by atoms with van der Waals surface area (Å²) in [6.07, 6.45) is 0.901. The number of carbonyl (C=O) groups is 1. The van der Waals surface area contributed by atoms with Crippen molar-refractivity contribution in [1.82, 2.24) is 5.32 Å². The molecule has 0 saturated carbocycles. The Morgan fingerprint density at radius 1 is 1.82 bits per heavy atom. The van der Waals surface area contributed by atoms with Crippen LogP contribution in [0, 0.1) is 0 Å². The van der Waals surface area contributed by atoms with Gasteiger partial charge in [0.2, 0.25) is 5.91 Å². The number of nitrogens with one attached hydrogen (secondary N) is 1. The molecule has 0 aromatic rings. The molecule has 0 spiro atoms. The van der Waals surface area contributed by atoms with Crippen LogP contribution in [0.25, 0.3) is 0 Å². The van der Waals surface area contributed by atoms with Crippen molar-refractivity contribution in [1.29, 1.82) is 0 Å². The second kappa shape index (κ2) is 3.69. The van der Waals surface area contributed by atoms with Crippen LogP contribution in [0.1, 0.15) is 13.3 Å². The summed E-state index contributed by atoms with van der Waals surface area (Å²) in [5.41, 5.74) is 5.36. The molecule has 4 nitrogen and oxygen atoms in total. The van der Waals surface area contributed by atoms with E-state index < -0.39 is 6.04 Å². The van der Waals surface area contributed by atoms with E-state index in [9.17, 15) is 4.79 Å². The molecule has 4 heteroatoms. The molecule has 1 saturated heterocycles. The highest BCUT2D eigenvalue weighted by Gasteiger charge is 2.18. The molecule has 1 amide bonds. The van der Waals surface area contributed by atoms with Gasteiger partial charge >= 0.3 is 0 Å². The van der Waals surface area contributed by atoms with E-state index in [0.717, 1.165) is 13.0 Å². The van der Waals surface area contributed by atoms with Gasteiger partial charge in [-0.3, -0.25) is 4.79 Å². The van der Waals surface area contributed by atoms with Crippen molar-refractivity contribution in [3.63, 3.8) is 0 Å². The van der Waals surface area contributed by atoms with Gasteiger partial charge in [0.05, 0.1) is 18.7 Å². The van der Waals surface area contributed by atoms with Crippen LogP contribution in [0.15, 0.2) is 0 Å². The Kier molecular flexibility index (Phi) is 2.84. The standard InChI is InChI=1S/C7H14N2O2/c1-5(8)7(10)9-6-2-3-11-4-6/h5-6H,2-4,8H2,1H3,(H,9,10)/t5-,6?/m0/s1. The predicted octanol–water partition coefficient (Wildman–Crippen LogP) is -0.761. The van der Waals surface area contributed by atoms with Crippen LogP contribution in [-0.2, 0) is 9.53 Å². The summed E-state index contributed by atoms with van der Waals surface area (Å²) in [5, 5.41) is 2.79. The zero-order valence-corrected chi connectivity index (χ0v) is 6.67. The highest BCUT2D eigenvalue weighted by molar-refractivity contribution is 5.81. The smallest absolute Gasteiger partial charge is 0.236 e. The predicted molar refractivity (Wildman–Crippen MR) is 41.0 cm³/mol. The largest absolute Gasteiger partial charge is 0.379 e. The van der Waals surface area contributed by atoms with Crippen molar-refractivity contribution < 1.29 is 9.53 Å². The topological polar surface area (TPSA) is 64.4 Å². The van der Waals surface area contributed by atoms with E-state index in [-0.39, 0.29) is 11.9 Å². The van der Waals surface area contributed by atoms with E-state index in [1.165, 1.54) is 0 Å². The maximum absolute atomic E-state index is 11.0. The van der Waals surface area contributed by atoms with Crippen molar-refractivity contribution in [2.24, 2.45) is 5.73 Å². The van der Waals surface area contributed by atoms with Gasteiger partial charge in [0.15, 0.2) is 0 Å². The van der Waals surface area contributed by atoms with Crippen LogP contribution in [-0.4, -0.2) is 31.2 Å². The van der Waals surface area contributed by atoms with E-state index in [0.29, 0.717) is 6.61 Å². The molecule has 3 N–H and O–H groups in total. The van der Waals surface area contributed by atoms with E-state index in [4.69, 9.17) is 10.5 Å². The normalized spacial score (nSPS) is 26.5. The molecule has 64 valence electrons. The van der Waals surface area contributed by atoms with Crippen molar-refractivity contribution in [2.45, 2.75) is 25.4 Å². The monoisotopic (exact) mass is 158 g/mol. The third-order valence-corrected chi connectivity index (χ3v) is 1.69. The quantitative estimate of drug-likeness (QED) is 0.555. The van der Waals surface area contributed by atoms with Gasteiger partial charge in [0, 0.05) is 6.61 Å². The number of hydrogen-bond donors (Lipinski definition) is 2. The maximum Gasteiger partial charge on any atom is 0.236 e. The molecule has 1 aliphatic rings. The zero-order valence-electron chi connectivity index (χ0n) is 6.67. The molecule has 1 rings (SSSR count). The summed E-state index contributed by atoms with van der Waals surface area (Å²) < 4.78 is 5.08. The molecule has 0 aromatic heterocycles. The van der Waals surface area contributed by atoms with Crippen molar-refractivity contribution in [3.05, 3.63) is 0 Å². The minimum absolute atomic E-state index is 0.0968. The summed E-state index contributed by atoms with van der Waals surface area (Å²) in [6, 6.07) is -0.246. The third kappa shape index (κ3) is 2.48. The fraction of sp³-hybridized carbons (Fsp3) is 0.857. The SMILES string of the molecule is C[C@H](N)C(=O)NC1CCOC1. The third-order valence-electron chi connectivity index (χ3n) is 1.69. The van der Waals surface area contributed by atoms with Crippen LogP contribution in [0.5, 0.6) is 0 Å². The summed E-state index contributed by atoms with van der Waals surface area (Å²) in [5.74, 6) is -0.0968. The Morgan fingerprint density at radius 2 is 2.55 bits per heavy atom. The lowest BCUT2D eigenvalue weighted by Gasteiger charge is -2.11. The Bertz CT molecular complexity index is 141. The molecule has 0 radical (unpaired) electrons. The minimum atomic E-state index is -0.421. The lowest BCUT2D eigenvalue weighted by molar-refractivity contribution is -0.122. The first-order valence-corrected chi connectivity index (χ1v) is 3.84. The average molecular weight is 158 g/mol. The van der Waals surface area contributed by atoms with Gasteiger partial charge < -0.3 is 15.8 Å². The van der Waals surface area contributed by atoms with Crippen LogP contribution in [0.4, 0.5) is 0 Å². The average Bonchev–Trinajstić information content (AvgIpc) is 2.39. The number of hydrogen-bond acceptors (Lipinski definition) is 3. The maximum atomic E-state index is 11.0. The first kappa shape index (κ1) is 8.49. The molecule has 0 bridgehead atoms. The molecule has 1 unspecified atom stereocenters. The van der Waals surface area contributed by atoms with Crippen LogP contribution in [0.2, 0.25) is 0 Å². The Hall–Kier alpha value is -0.610. The lowest BCUT2D eigenvalue weighted by atomic mass is 10.2. The zero-order chi connectivity index (χ0) is 8.27. The molecule has 1 heterocycles. The van der Waals surface area contributed by atoms with E-state index in [1.807, 2.05) is 0 Å². The number of ether oxygens (including phenoxy) is 1. The van der Waals surface area contributed by atoms with E-state index in [2.05, 4.69) is 5.32 Å². The lowest BCUT2D eigenvalue weighted by Crippen LogP contribution is -2.44. The Balaban J connectivity index is 2.24. The highest BCUT2D eigenvalue weighted by Crippen LogP contribution is 2.02. The fourth-order valence-corrected chi connectivity index (χ4v) is 0.981.